The average molecular weight is 444 g/mol. The van der Waals surface area contributed by atoms with Gasteiger partial charge in [0.05, 0.1) is 16.1 Å². The van der Waals surface area contributed by atoms with E-state index in [0.29, 0.717) is 18.3 Å². The second-order valence-corrected chi connectivity index (χ2v) is 5.87. The summed E-state index contributed by atoms with van der Waals surface area (Å²) in [7, 11) is 0. The van der Waals surface area contributed by atoms with Gasteiger partial charge in [-0.25, -0.2) is 0 Å². The number of amides is 1. The highest BCUT2D eigenvalue weighted by molar-refractivity contribution is 6.06. The molecule has 0 saturated carbocycles. The molecule has 0 spiro atoms. The predicted octanol–water partition coefficient (Wildman–Crippen LogP) is 5.09. The summed E-state index contributed by atoms with van der Waals surface area (Å²) in [5, 5.41) is 24.0. The summed E-state index contributed by atoms with van der Waals surface area (Å²) in [6.07, 6.45) is -9.53. The molecule has 0 aliphatic rings. The van der Waals surface area contributed by atoms with Crippen molar-refractivity contribution in [3.05, 3.63) is 75.5 Å². The largest absolute Gasteiger partial charge is 0.416 e. The van der Waals surface area contributed by atoms with E-state index in [1.807, 2.05) is 0 Å². The van der Waals surface area contributed by atoms with E-state index in [2.05, 4.69) is 10.6 Å². The Morgan fingerprint density at radius 2 is 1.58 bits per heavy atom. The van der Waals surface area contributed by atoms with Gasteiger partial charge in [0.25, 0.3) is 11.6 Å². The summed E-state index contributed by atoms with van der Waals surface area (Å²) in [5.41, 5.74) is -4.97. The van der Waals surface area contributed by atoms with Gasteiger partial charge in [0.15, 0.2) is 0 Å². The highest BCUT2D eigenvalue weighted by Crippen LogP contribution is 2.37. The Labute approximate surface area is 169 Å². The highest BCUT2D eigenvalue weighted by atomic mass is 19.4. The first-order chi connectivity index (χ1) is 14.3. The molecule has 2 aromatic carbocycles. The number of anilines is 2. The molecule has 0 aromatic heterocycles. The minimum Gasteiger partial charge on any atom is -0.360 e. The number of nitro benzene ring substituents is 1. The number of non-ortho nitro benzene ring substituents is 1. The zero-order valence-corrected chi connectivity index (χ0v) is 15.0. The van der Waals surface area contributed by atoms with E-state index in [9.17, 15) is 41.3 Å². The third kappa shape index (κ3) is 6.20. The third-order valence-corrected chi connectivity index (χ3v) is 3.65. The maximum atomic E-state index is 12.9. The zero-order chi connectivity index (χ0) is 23.4. The molecular formula is C18H10F6N4O3. The Morgan fingerprint density at radius 1 is 1.00 bits per heavy atom. The number of nitro groups is 1. The van der Waals surface area contributed by atoms with Crippen molar-refractivity contribution < 1.29 is 36.1 Å². The van der Waals surface area contributed by atoms with Gasteiger partial charge < -0.3 is 10.6 Å². The molecule has 2 rings (SSSR count). The molecule has 0 aliphatic heterocycles. The second kappa shape index (κ2) is 8.74. The molecule has 0 bridgehead atoms. The van der Waals surface area contributed by atoms with E-state index >= 15 is 0 Å². The van der Waals surface area contributed by atoms with Crippen LogP contribution in [0.4, 0.5) is 43.4 Å². The van der Waals surface area contributed by atoms with Crippen molar-refractivity contribution in [2.45, 2.75) is 12.4 Å². The van der Waals surface area contributed by atoms with Crippen LogP contribution in [0.25, 0.3) is 0 Å². The number of nitrogens with zero attached hydrogens (tertiary/aromatic N) is 2. The molecule has 13 heteroatoms. The van der Waals surface area contributed by atoms with E-state index in [0.717, 1.165) is 12.1 Å². The topological polar surface area (TPSA) is 108 Å². The normalized spacial score (nSPS) is 12.1. The average Bonchev–Trinajstić information content (AvgIpc) is 2.67. The number of carbonyl (C=O) groups is 1. The number of benzene rings is 2. The molecule has 0 heterocycles. The van der Waals surface area contributed by atoms with Gasteiger partial charge in [-0.1, -0.05) is 6.07 Å². The maximum Gasteiger partial charge on any atom is 0.416 e. The van der Waals surface area contributed by atoms with Gasteiger partial charge in [0.1, 0.15) is 11.6 Å². The Balaban J connectivity index is 2.30. The van der Waals surface area contributed by atoms with Crippen LogP contribution in [-0.2, 0) is 17.1 Å². The van der Waals surface area contributed by atoms with Crippen LogP contribution >= 0.6 is 0 Å². The predicted molar refractivity (Wildman–Crippen MR) is 95.5 cm³/mol. The van der Waals surface area contributed by atoms with E-state index in [1.54, 1.807) is 0 Å². The van der Waals surface area contributed by atoms with Gasteiger partial charge in [-0.15, -0.1) is 0 Å². The fourth-order valence-corrected chi connectivity index (χ4v) is 2.24. The van der Waals surface area contributed by atoms with Crippen molar-refractivity contribution >= 4 is 23.0 Å². The lowest BCUT2D eigenvalue weighted by Crippen LogP contribution is -2.15. The third-order valence-electron chi connectivity index (χ3n) is 3.65. The van der Waals surface area contributed by atoms with Crippen molar-refractivity contribution in [1.29, 1.82) is 5.26 Å². The van der Waals surface area contributed by atoms with Gasteiger partial charge in [-0.3, -0.25) is 14.9 Å². The molecule has 0 radical (unpaired) electrons. The summed E-state index contributed by atoms with van der Waals surface area (Å²) in [5.74, 6) is -1.10. The van der Waals surface area contributed by atoms with Crippen molar-refractivity contribution in [3.8, 4) is 6.07 Å². The lowest BCUT2D eigenvalue weighted by molar-refractivity contribution is -0.384. The number of hydrogen-bond donors (Lipinski definition) is 2. The van der Waals surface area contributed by atoms with Gasteiger partial charge in [-0.2, -0.15) is 31.6 Å². The Kier molecular flexibility index (Phi) is 6.54. The fraction of sp³-hybridized carbons (Fsp3) is 0.111. The monoisotopic (exact) mass is 444 g/mol. The molecule has 0 atom stereocenters. The summed E-state index contributed by atoms with van der Waals surface area (Å²) >= 11 is 0. The van der Waals surface area contributed by atoms with E-state index < -0.39 is 45.6 Å². The number of nitriles is 1. The fourth-order valence-electron chi connectivity index (χ4n) is 2.24. The minimum atomic E-state index is -5.07. The van der Waals surface area contributed by atoms with Crippen LogP contribution in [0.5, 0.6) is 0 Å². The van der Waals surface area contributed by atoms with Gasteiger partial charge in [0, 0.05) is 29.7 Å². The van der Waals surface area contributed by atoms with Crippen LogP contribution in [0.3, 0.4) is 0 Å². The van der Waals surface area contributed by atoms with Crippen LogP contribution < -0.4 is 10.6 Å². The summed E-state index contributed by atoms with van der Waals surface area (Å²) < 4.78 is 77.3. The van der Waals surface area contributed by atoms with Crippen LogP contribution in [0.15, 0.2) is 54.2 Å². The standard InChI is InChI=1S/C18H10F6N4O3/c19-17(20,21)11-4-12(18(22,23)24)6-14(5-11)26-9-10(8-25)16(29)27-13-2-1-3-15(7-13)28(30)31/h1-7,9,26H,(H,27,29)/b10-9-. The number of hydrogen-bond acceptors (Lipinski definition) is 5. The van der Waals surface area contributed by atoms with Crippen molar-refractivity contribution in [3.63, 3.8) is 0 Å². The minimum absolute atomic E-state index is 0.0567. The number of alkyl halides is 6. The van der Waals surface area contributed by atoms with Crippen LogP contribution in [-0.4, -0.2) is 10.8 Å². The zero-order valence-electron chi connectivity index (χ0n) is 15.0. The first-order valence-corrected chi connectivity index (χ1v) is 8.03. The Hall–Kier alpha value is -4.08. The summed E-state index contributed by atoms with van der Waals surface area (Å²) in [4.78, 5) is 22.1. The van der Waals surface area contributed by atoms with E-state index in [-0.39, 0.29) is 17.4 Å². The molecule has 2 aromatic rings. The summed E-state index contributed by atoms with van der Waals surface area (Å²) in [6.45, 7) is 0. The molecule has 0 aliphatic carbocycles. The first kappa shape index (κ1) is 23.2. The number of halogens is 6. The molecule has 2 N–H and O–H groups in total. The van der Waals surface area contributed by atoms with Crippen molar-refractivity contribution in [2.24, 2.45) is 0 Å². The van der Waals surface area contributed by atoms with Gasteiger partial charge in [-0.05, 0) is 24.3 Å². The second-order valence-electron chi connectivity index (χ2n) is 5.87. The van der Waals surface area contributed by atoms with Gasteiger partial charge >= 0.3 is 12.4 Å². The van der Waals surface area contributed by atoms with Crippen LogP contribution in [0.2, 0.25) is 0 Å². The van der Waals surface area contributed by atoms with E-state index in [1.165, 1.54) is 18.2 Å². The van der Waals surface area contributed by atoms with Crippen molar-refractivity contribution in [1.82, 2.24) is 0 Å². The molecule has 7 nitrogen and oxygen atoms in total. The smallest absolute Gasteiger partial charge is 0.360 e. The molecule has 0 unspecified atom stereocenters. The Bertz CT molecular complexity index is 1050. The Morgan fingerprint density at radius 3 is 2.06 bits per heavy atom. The molecule has 0 fully saturated rings. The lowest BCUT2D eigenvalue weighted by Gasteiger charge is -2.14. The number of nitrogens with one attached hydrogen (secondary N) is 2. The summed E-state index contributed by atoms with van der Waals surface area (Å²) in [6, 6.07) is 6.76. The maximum absolute atomic E-state index is 12.9. The molecule has 162 valence electrons. The first-order valence-electron chi connectivity index (χ1n) is 8.03. The van der Waals surface area contributed by atoms with Gasteiger partial charge in [0.2, 0.25) is 0 Å². The van der Waals surface area contributed by atoms with Crippen molar-refractivity contribution in [2.75, 3.05) is 10.6 Å². The SMILES string of the molecule is N#C/C(=C/Nc1cc(C(F)(F)F)cc(C(F)(F)F)c1)C(=O)Nc1cccc([N+](=O)[O-])c1. The highest BCUT2D eigenvalue weighted by Gasteiger charge is 2.36. The van der Waals surface area contributed by atoms with Crippen LogP contribution in [0.1, 0.15) is 11.1 Å². The molecular weight excluding hydrogens is 434 g/mol. The number of carbonyl (C=O) groups excluding carboxylic acids is 1. The number of rotatable bonds is 5. The van der Waals surface area contributed by atoms with Crippen LogP contribution in [0, 0.1) is 21.4 Å². The molecule has 31 heavy (non-hydrogen) atoms. The van der Waals surface area contributed by atoms with E-state index in [4.69, 9.17) is 5.26 Å². The molecule has 0 saturated heterocycles. The quantitative estimate of drug-likeness (QED) is 0.220. The lowest BCUT2D eigenvalue weighted by atomic mass is 10.1. The molecule has 1 amide bonds.